The van der Waals surface area contributed by atoms with E-state index in [0.717, 1.165) is 11.3 Å². The molecule has 17 heavy (non-hydrogen) atoms. The number of ether oxygens (including phenoxy) is 1. The van der Waals surface area contributed by atoms with Crippen LogP contribution in [0.25, 0.3) is 0 Å². The zero-order chi connectivity index (χ0) is 12.3. The van der Waals surface area contributed by atoms with Gasteiger partial charge in [-0.2, -0.15) is 0 Å². The van der Waals surface area contributed by atoms with Gasteiger partial charge in [0.2, 0.25) is 0 Å². The molecule has 1 heterocycles. The molecule has 0 atom stereocenters. The maximum absolute atomic E-state index is 13.6. The molecule has 0 aliphatic rings. The average Bonchev–Trinajstić information content (AvgIpc) is 2.34. The number of rotatable bonds is 3. The predicted molar refractivity (Wildman–Crippen MR) is 63.3 cm³/mol. The van der Waals surface area contributed by atoms with E-state index in [0.29, 0.717) is 12.3 Å². The van der Waals surface area contributed by atoms with Gasteiger partial charge in [0.1, 0.15) is 5.75 Å². The van der Waals surface area contributed by atoms with Gasteiger partial charge in [-0.05, 0) is 36.8 Å². The van der Waals surface area contributed by atoms with Gasteiger partial charge in [0, 0.05) is 12.2 Å². The number of aryl methyl sites for hydroxylation is 1. The highest BCUT2D eigenvalue weighted by atomic mass is 19.1. The average molecular weight is 232 g/mol. The fourth-order valence-electron chi connectivity index (χ4n) is 1.40. The van der Waals surface area contributed by atoms with E-state index in [1.165, 1.54) is 6.07 Å². The van der Waals surface area contributed by atoms with Crippen LogP contribution in [0.1, 0.15) is 11.3 Å². The molecule has 2 aromatic rings. The molecule has 0 radical (unpaired) electrons. The molecule has 4 heteroatoms. The first-order valence-corrected chi connectivity index (χ1v) is 5.28. The summed E-state index contributed by atoms with van der Waals surface area (Å²) >= 11 is 0. The summed E-state index contributed by atoms with van der Waals surface area (Å²) in [5, 5.41) is 0. The second-order valence-electron chi connectivity index (χ2n) is 3.71. The first-order chi connectivity index (χ1) is 8.19. The second kappa shape index (κ2) is 4.93. The summed E-state index contributed by atoms with van der Waals surface area (Å²) in [6.45, 7) is 2.18. The number of pyridine rings is 1. The van der Waals surface area contributed by atoms with E-state index in [1.54, 1.807) is 24.4 Å². The molecule has 2 rings (SSSR count). The highest BCUT2D eigenvalue weighted by Gasteiger charge is 2.05. The normalized spacial score (nSPS) is 10.3. The summed E-state index contributed by atoms with van der Waals surface area (Å²) in [6, 6.07) is 8.23. The third-order valence-corrected chi connectivity index (χ3v) is 2.34. The minimum Gasteiger partial charge on any atom is -0.453 e. The van der Waals surface area contributed by atoms with Crippen molar-refractivity contribution in [2.24, 2.45) is 5.73 Å². The number of hydrogen-bond donors (Lipinski definition) is 1. The highest BCUT2D eigenvalue weighted by molar-refractivity contribution is 5.33. The molecule has 1 aromatic heterocycles. The van der Waals surface area contributed by atoms with Crippen molar-refractivity contribution >= 4 is 0 Å². The van der Waals surface area contributed by atoms with Crippen LogP contribution in [0.3, 0.4) is 0 Å². The maximum Gasteiger partial charge on any atom is 0.166 e. The predicted octanol–water partition coefficient (Wildman–Crippen LogP) is 2.78. The van der Waals surface area contributed by atoms with Crippen molar-refractivity contribution in [2.75, 3.05) is 0 Å². The largest absolute Gasteiger partial charge is 0.453 e. The third kappa shape index (κ3) is 2.79. The van der Waals surface area contributed by atoms with Crippen molar-refractivity contribution in [3.05, 3.63) is 53.6 Å². The number of benzene rings is 1. The van der Waals surface area contributed by atoms with Crippen LogP contribution in [0.15, 0.2) is 36.5 Å². The maximum atomic E-state index is 13.6. The Bertz CT molecular complexity index is 511. The Morgan fingerprint density at radius 1 is 1.29 bits per heavy atom. The lowest BCUT2D eigenvalue weighted by Crippen LogP contribution is -1.97. The first kappa shape index (κ1) is 11.5. The molecule has 88 valence electrons. The molecule has 0 fully saturated rings. The summed E-state index contributed by atoms with van der Waals surface area (Å²) in [7, 11) is 0. The molecule has 2 N–H and O–H groups in total. The topological polar surface area (TPSA) is 48.1 Å². The standard InChI is InChI=1S/C13H13FN2O/c1-9-2-4-11(8-16-9)17-13-5-3-10(7-15)6-12(13)14/h2-6,8H,7,15H2,1H3. The molecular formula is C13H13FN2O. The van der Waals surface area contributed by atoms with Gasteiger partial charge >= 0.3 is 0 Å². The Labute approximate surface area is 99.1 Å². The van der Waals surface area contributed by atoms with Gasteiger partial charge in [0.25, 0.3) is 0 Å². The van der Waals surface area contributed by atoms with Crippen LogP contribution in [-0.2, 0) is 6.54 Å². The number of aromatic nitrogens is 1. The number of nitrogens with two attached hydrogens (primary N) is 1. The molecule has 0 unspecified atom stereocenters. The molecular weight excluding hydrogens is 219 g/mol. The van der Waals surface area contributed by atoms with Gasteiger partial charge in [-0.25, -0.2) is 4.39 Å². The molecule has 0 spiro atoms. The van der Waals surface area contributed by atoms with E-state index in [1.807, 2.05) is 13.0 Å². The van der Waals surface area contributed by atoms with Crippen molar-refractivity contribution in [1.82, 2.24) is 4.98 Å². The van der Waals surface area contributed by atoms with Gasteiger partial charge in [0.05, 0.1) is 6.20 Å². The second-order valence-corrected chi connectivity index (χ2v) is 3.71. The van der Waals surface area contributed by atoms with Crippen LogP contribution in [0.2, 0.25) is 0 Å². The first-order valence-electron chi connectivity index (χ1n) is 5.28. The summed E-state index contributed by atoms with van der Waals surface area (Å²) in [5.74, 6) is 0.261. The van der Waals surface area contributed by atoms with Crippen LogP contribution in [0.5, 0.6) is 11.5 Å². The van der Waals surface area contributed by atoms with E-state index >= 15 is 0 Å². The Hall–Kier alpha value is -1.94. The smallest absolute Gasteiger partial charge is 0.166 e. The Balaban J connectivity index is 2.21. The SMILES string of the molecule is Cc1ccc(Oc2ccc(CN)cc2F)cn1. The minimum absolute atomic E-state index is 0.174. The van der Waals surface area contributed by atoms with Crippen LogP contribution in [0, 0.1) is 12.7 Å². The molecule has 0 saturated heterocycles. The summed E-state index contributed by atoms with van der Waals surface area (Å²) in [4.78, 5) is 4.07. The van der Waals surface area contributed by atoms with Crippen LogP contribution < -0.4 is 10.5 Å². The monoisotopic (exact) mass is 232 g/mol. The quantitative estimate of drug-likeness (QED) is 0.885. The highest BCUT2D eigenvalue weighted by Crippen LogP contribution is 2.24. The van der Waals surface area contributed by atoms with E-state index in [4.69, 9.17) is 10.5 Å². The summed E-state index contributed by atoms with van der Waals surface area (Å²) < 4.78 is 19.0. The minimum atomic E-state index is -0.423. The number of nitrogens with zero attached hydrogens (tertiary/aromatic N) is 1. The van der Waals surface area contributed by atoms with E-state index < -0.39 is 5.82 Å². The van der Waals surface area contributed by atoms with Crippen molar-refractivity contribution in [2.45, 2.75) is 13.5 Å². The Morgan fingerprint density at radius 3 is 2.71 bits per heavy atom. The van der Waals surface area contributed by atoms with Crippen molar-refractivity contribution in [1.29, 1.82) is 0 Å². The van der Waals surface area contributed by atoms with E-state index in [2.05, 4.69) is 4.98 Å². The zero-order valence-corrected chi connectivity index (χ0v) is 9.48. The Morgan fingerprint density at radius 2 is 2.12 bits per heavy atom. The molecule has 0 saturated carbocycles. The molecule has 1 aromatic carbocycles. The van der Waals surface area contributed by atoms with Crippen molar-refractivity contribution in [3.63, 3.8) is 0 Å². The van der Waals surface area contributed by atoms with Crippen LogP contribution in [0.4, 0.5) is 4.39 Å². The van der Waals surface area contributed by atoms with Crippen molar-refractivity contribution < 1.29 is 9.13 Å². The fraction of sp³-hybridized carbons (Fsp3) is 0.154. The molecule has 0 aliphatic carbocycles. The Kier molecular flexibility index (Phi) is 3.35. The number of hydrogen-bond acceptors (Lipinski definition) is 3. The molecule has 0 amide bonds. The van der Waals surface area contributed by atoms with Gasteiger partial charge in [-0.15, -0.1) is 0 Å². The van der Waals surface area contributed by atoms with Gasteiger partial charge in [-0.3, -0.25) is 4.98 Å². The fourth-order valence-corrected chi connectivity index (χ4v) is 1.40. The van der Waals surface area contributed by atoms with Crippen LogP contribution in [-0.4, -0.2) is 4.98 Å². The molecule has 0 bridgehead atoms. The lowest BCUT2D eigenvalue weighted by molar-refractivity contribution is 0.440. The summed E-state index contributed by atoms with van der Waals surface area (Å²) in [5.41, 5.74) is 7.04. The lowest BCUT2D eigenvalue weighted by atomic mass is 10.2. The van der Waals surface area contributed by atoms with Gasteiger partial charge in [0.15, 0.2) is 11.6 Å². The summed E-state index contributed by atoms with van der Waals surface area (Å²) in [6.07, 6.45) is 1.56. The number of halogens is 1. The third-order valence-electron chi connectivity index (χ3n) is 2.34. The lowest BCUT2D eigenvalue weighted by Gasteiger charge is -2.07. The molecule has 0 aliphatic heterocycles. The van der Waals surface area contributed by atoms with E-state index in [-0.39, 0.29) is 5.75 Å². The van der Waals surface area contributed by atoms with Crippen LogP contribution >= 0.6 is 0 Å². The van der Waals surface area contributed by atoms with Gasteiger partial charge in [-0.1, -0.05) is 6.07 Å². The molecule has 3 nitrogen and oxygen atoms in total. The van der Waals surface area contributed by atoms with E-state index in [9.17, 15) is 4.39 Å². The van der Waals surface area contributed by atoms with Gasteiger partial charge < -0.3 is 10.5 Å². The zero-order valence-electron chi connectivity index (χ0n) is 9.48. The van der Waals surface area contributed by atoms with Crippen molar-refractivity contribution in [3.8, 4) is 11.5 Å².